The van der Waals surface area contributed by atoms with Gasteiger partial charge in [-0.2, -0.15) is 31.1 Å². The van der Waals surface area contributed by atoms with Gasteiger partial charge in [-0.3, -0.25) is 0 Å². The summed E-state index contributed by atoms with van der Waals surface area (Å²) in [6.45, 7) is 2.53. The van der Waals surface area contributed by atoms with E-state index in [1.165, 1.54) is 15.9 Å². The number of benzene rings is 2. The van der Waals surface area contributed by atoms with E-state index >= 15 is 0 Å². The Balaban J connectivity index is 1.64. The molecule has 1 atom stereocenters. The van der Waals surface area contributed by atoms with Crippen LogP contribution in [0.1, 0.15) is 70.7 Å². The van der Waals surface area contributed by atoms with E-state index < -0.39 is 23.5 Å². The highest BCUT2D eigenvalue weighted by Gasteiger charge is 2.38. The zero-order chi connectivity index (χ0) is 27.2. The van der Waals surface area contributed by atoms with Gasteiger partial charge in [0, 0.05) is 18.8 Å². The van der Waals surface area contributed by atoms with Crippen molar-refractivity contribution in [1.82, 2.24) is 20.2 Å². The lowest BCUT2D eigenvalue weighted by Gasteiger charge is -2.33. The maximum Gasteiger partial charge on any atom is 0.416 e. The first-order valence-electron chi connectivity index (χ1n) is 12.6. The number of aryl methyl sites for hydroxylation is 2. The summed E-state index contributed by atoms with van der Waals surface area (Å²) >= 11 is 0. The highest BCUT2D eigenvalue weighted by molar-refractivity contribution is 5.65. The van der Waals surface area contributed by atoms with Crippen molar-refractivity contribution in [1.29, 1.82) is 0 Å². The van der Waals surface area contributed by atoms with Crippen molar-refractivity contribution in [3.05, 3.63) is 63.2 Å². The molecule has 2 heterocycles. The van der Waals surface area contributed by atoms with Crippen LogP contribution in [0.3, 0.4) is 0 Å². The van der Waals surface area contributed by atoms with E-state index in [4.69, 9.17) is 0 Å². The zero-order valence-corrected chi connectivity index (χ0v) is 21.0. The molecule has 5 rings (SSSR count). The summed E-state index contributed by atoms with van der Waals surface area (Å²) in [4.78, 5) is 2.91. The summed E-state index contributed by atoms with van der Waals surface area (Å²) in [5.41, 5.74) is 2.82. The fourth-order valence-corrected chi connectivity index (χ4v) is 5.65. The van der Waals surface area contributed by atoms with Crippen LogP contribution in [0.2, 0.25) is 0 Å². The minimum absolute atomic E-state index is 0.131. The molecule has 1 aromatic heterocycles. The number of fused-ring (bicyclic) bond motifs is 2. The van der Waals surface area contributed by atoms with Crippen molar-refractivity contribution in [2.45, 2.75) is 70.4 Å². The summed E-state index contributed by atoms with van der Waals surface area (Å²) in [6, 6.07) is 3.46. The Bertz CT molecular complexity index is 1300. The third-order valence-corrected chi connectivity index (χ3v) is 7.40. The van der Waals surface area contributed by atoms with Crippen LogP contribution >= 0.6 is 0 Å². The highest BCUT2D eigenvalue weighted by atomic mass is 19.4. The second-order valence-electron chi connectivity index (χ2n) is 10.0. The number of alkyl halides is 6. The lowest BCUT2D eigenvalue weighted by atomic mass is 9.84. The molecule has 0 spiro atoms. The van der Waals surface area contributed by atoms with E-state index in [2.05, 4.69) is 33.7 Å². The molecule has 1 aliphatic carbocycles. The van der Waals surface area contributed by atoms with Crippen molar-refractivity contribution in [2.24, 2.45) is 7.05 Å². The molecule has 204 valence electrons. The SMILES string of the molecule is Cc1c2c(cc3c1NCCCC3N(Cc1cc(C(F)(F)F)cc(C(F)(F)F)c1)c1nnn(C)n1)CCCC2. The molecular weight excluding hydrogens is 510 g/mol. The minimum atomic E-state index is -4.93. The van der Waals surface area contributed by atoms with E-state index in [1.54, 1.807) is 11.9 Å². The lowest BCUT2D eigenvalue weighted by Crippen LogP contribution is -2.30. The number of tetrazole rings is 1. The number of hydrogen-bond donors (Lipinski definition) is 1. The summed E-state index contributed by atoms with van der Waals surface area (Å²) in [5, 5.41) is 15.8. The van der Waals surface area contributed by atoms with Gasteiger partial charge in [0.1, 0.15) is 0 Å². The quantitative estimate of drug-likeness (QED) is 0.390. The average Bonchev–Trinajstić information content (AvgIpc) is 3.17. The number of aromatic nitrogens is 4. The summed E-state index contributed by atoms with van der Waals surface area (Å²) in [5.74, 6) is 0.145. The number of rotatable bonds is 4. The molecular formula is C26H28F6N6. The molecule has 1 unspecified atom stereocenters. The Hall–Kier alpha value is -3.31. The largest absolute Gasteiger partial charge is 0.416 e. The summed E-state index contributed by atoms with van der Waals surface area (Å²) in [7, 11) is 1.56. The van der Waals surface area contributed by atoms with E-state index in [0.29, 0.717) is 13.0 Å². The van der Waals surface area contributed by atoms with Crippen molar-refractivity contribution in [3.63, 3.8) is 0 Å². The van der Waals surface area contributed by atoms with Crippen molar-refractivity contribution in [3.8, 4) is 0 Å². The van der Waals surface area contributed by atoms with E-state index in [-0.39, 0.29) is 30.2 Å². The van der Waals surface area contributed by atoms with Crippen LogP contribution < -0.4 is 10.2 Å². The molecule has 0 saturated carbocycles. The first-order valence-corrected chi connectivity index (χ1v) is 12.6. The second kappa shape index (κ2) is 9.77. The number of hydrogen-bond acceptors (Lipinski definition) is 5. The predicted molar refractivity (Wildman–Crippen MR) is 130 cm³/mol. The first kappa shape index (κ1) is 26.3. The Morgan fingerprint density at radius 3 is 2.29 bits per heavy atom. The van der Waals surface area contributed by atoms with Gasteiger partial charge in [0.25, 0.3) is 5.95 Å². The van der Waals surface area contributed by atoms with Crippen LogP contribution in [0.25, 0.3) is 0 Å². The van der Waals surface area contributed by atoms with Crippen LogP contribution in [0.15, 0.2) is 24.3 Å². The van der Waals surface area contributed by atoms with Gasteiger partial charge in [-0.1, -0.05) is 11.2 Å². The van der Waals surface area contributed by atoms with Crippen molar-refractivity contribution in [2.75, 3.05) is 16.8 Å². The van der Waals surface area contributed by atoms with E-state index in [0.717, 1.165) is 61.1 Å². The topological polar surface area (TPSA) is 58.9 Å². The van der Waals surface area contributed by atoms with Gasteiger partial charge in [-0.15, -0.1) is 5.10 Å². The van der Waals surface area contributed by atoms with Gasteiger partial charge < -0.3 is 10.2 Å². The normalized spacial score (nSPS) is 17.8. The third kappa shape index (κ3) is 5.17. The molecule has 0 saturated heterocycles. The molecule has 0 bridgehead atoms. The molecule has 6 nitrogen and oxygen atoms in total. The van der Waals surface area contributed by atoms with Crippen LogP contribution in [0.5, 0.6) is 0 Å². The molecule has 0 radical (unpaired) electrons. The second-order valence-corrected chi connectivity index (χ2v) is 10.0. The van der Waals surface area contributed by atoms with Gasteiger partial charge in [0.15, 0.2) is 0 Å². The van der Waals surface area contributed by atoms with Gasteiger partial charge in [-0.05, 0) is 96.7 Å². The number of nitrogens with one attached hydrogen (secondary N) is 1. The van der Waals surface area contributed by atoms with Crippen LogP contribution in [-0.2, 0) is 38.8 Å². The Labute approximate surface area is 216 Å². The first-order chi connectivity index (χ1) is 17.9. The molecule has 1 aliphatic heterocycles. The number of anilines is 2. The third-order valence-electron chi connectivity index (χ3n) is 7.40. The minimum Gasteiger partial charge on any atom is -0.385 e. The van der Waals surface area contributed by atoms with Crippen LogP contribution in [-0.4, -0.2) is 26.8 Å². The van der Waals surface area contributed by atoms with Crippen molar-refractivity contribution >= 4 is 11.6 Å². The maximum absolute atomic E-state index is 13.6. The molecule has 3 aromatic rings. The van der Waals surface area contributed by atoms with Gasteiger partial charge in [0.2, 0.25) is 0 Å². The standard InChI is InChI=1S/C26H28F6N6/c1-15-20-7-4-3-6-17(20)12-21-22(8-5-9-33-23(15)21)38(24-34-36-37(2)35-24)14-16-10-18(25(27,28)29)13-19(11-16)26(30,31)32/h10-13,22,33H,3-9,14H2,1-2H3. The average molecular weight is 539 g/mol. The monoisotopic (exact) mass is 538 g/mol. The van der Waals surface area contributed by atoms with E-state index in [1.807, 2.05) is 0 Å². The summed E-state index contributed by atoms with van der Waals surface area (Å²) < 4.78 is 81.5. The maximum atomic E-state index is 13.6. The van der Waals surface area contributed by atoms with E-state index in [9.17, 15) is 26.3 Å². The van der Waals surface area contributed by atoms with Crippen LogP contribution in [0.4, 0.5) is 38.0 Å². The smallest absolute Gasteiger partial charge is 0.385 e. The molecule has 0 fully saturated rings. The van der Waals surface area contributed by atoms with Crippen LogP contribution in [0, 0.1) is 6.92 Å². The Morgan fingerprint density at radius 2 is 1.66 bits per heavy atom. The molecule has 38 heavy (non-hydrogen) atoms. The summed E-state index contributed by atoms with van der Waals surface area (Å²) in [6.07, 6.45) is -4.39. The lowest BCUT2D eigenvalue weighted by molar-refractivity contribution is -0.143. The Kier molecular flexibility index (Phi) is 6.77. The number of halogens is 6. The molecule has 1 N–H and O–H groups in total. The molecule has 12 heteroatoms. The van der Waals surface area contributed by atoms with Gasteiger partial charge in [0.05, 0.1) is 24.2 Å². The Morgan fingerprint density at radius 1 is 0.974 bits per heavy atom. The van der Waals surface area contributed by atoms with Crippen molar-refractivity contribution < 1.29 is 26.3 Å². The molecule has 2 aromatic carbocycles. The zero-order valence-electron chi connectivity index (χ0n) is 21.0. The predicted octanol–water partition coefficient (Wildman–Crippen LogP) is 6.39. The molecule has 0 amide bonds. The van der Waals surface area contributed by atoms with Gasteiger partial charge in [-0.25, -0.2) is 0 Å². The fourth-order valence-electron chi connectivity index (χ4n) is 5.65. The highest BCUT2D eigenvalue weighted by Crippen LogP contribution is 2.43. The van der Waals surface area contributed by atoms with Gasteiger partial charge >= 0.3 is 12.4 Å². The fraction of sp³-hybridized carbons (Fsp3) is 0.500. The number of nitrogens with zero attached hydrogens (tertiary/aromatic N) is 5. The molecule has 2 aliphatic rings.